The molecule has 23 heavy (non-hydrogen) atoms. The van der Waals surface area contributed by atoms with E-state index in [9.17, 15) is 0 Å². The zero-order valence-corrected chi connectivity index (χ0v) is 13.6. The number of hydrogen-bond donors (Lipinski definition) is 4. The van der Waals surface area contributed by atoms with Crippen LogP contribution in [-0.4, -0.2) is 23.3 Å². The van der Waals surface area contributed by atoms with Gasteiger partial charge in [-0.3, -0.25) is 0 Å². The van der Waals surface area contributed by atoms with E-state index in [1.54, 1.807) is 24.3 Å². The van der Waals surface area contributed by atoms with Crippen LogP contribution in [0, 0.1) is 0 Å². The van der Waals surface area contributed by atoms with E-state index in [0.717, 1.165) is 0 Å². The van der Waals surface area contributed by atoms with Gasteiger partial charge in [-0.15, -0.1) is 0 Å². The molecular weight excluding hydrogens is 288 g/mol. The molecule has 0 aromatic rings. The number of nitrogens with two attached hydrogens (primary N) is 4. The van der Waals surface area contributed by atoms with Crippen molar-refractivity contribution in [1.29, 1.82) is 0 Å². The van der Waals surface area contributed by atoms with Crippen LogP contribution in [0.4, 0.5) is 0 Å². The standard InChI is InChI=1S/C18H26N4O/c1-3-7-17(9-5-13(19)11-15(17)21)23-18(8-4-2)10-6-14(20)12-16(18)22/h3-12,15-16H,19-22H2,1-2H3. The van der Waals surface area contributed by atoms with Gasteiger partial charge in [-0.05, 0) is 50.3 Å². The molecule has 4 unspecified atom stereocenters. The molecule has 0 saturated heterocycles. The first-order valence-corrected chi connectivity index (χ1v) is 7.69. The van der Waals surface area contributed by atoms with E-state index in [2.05, 4.69) is 0 Å². The van der Waals surface area contributed by atoms with Crippen LogP contribution in [0.5, 0.6) is 0 Å². The average molecular weight is 314 g/mol. The van der Waals surface area contributed by atoms with E-state index in [4.69, 9.17) is 27.7 Å². The Kier molecular flexibility index (Phi) is 4.94. The highest BCUT2D eigenvalue weighted by molar-refractivity contribution is 5.40. The van der Waals surface area contributed by atoms with Crippen LogP contribution < -0.4 is 22.9 Å². The Balaban J connectivity index is 2.46. The minimum atomic E-state index is -0.834. The van der Waals surface area contributed by atoms with Gasteiger partial charge in [-0.1, -0.05) is 24.3 Å². The van der Waals surface area contributed by atoms with Gasteiger partial charge in [-0.25, -0.2) is 0 Å². The molecule has 0 saturated carbocycles. The molecule has 0 fully saturated rings. The molecular formula is C18H26N4O. The van der Waals surface area contributed by atoms with Crippen molar-refractivity contribution in [2.24, 2.45) is 22.9 Å². The summed E-state index contributed by atoms with van der Waals surface area (Å²) < 4.78 is 6.51. The molecule has 0 aromatic carbocycles. The van der Waals surface area contributed by atoms with Crippen molar-refractivity contribution in [3.8, 4) is 0 Å². The molecule has 0 aliphatic heterocycles. The molecule has 8 N–H and O–H groups in total. The van der Waals surface area contributed by atoms with Gasteiger partial charge in [0.05, 0.1) is 12.1 Å². The second-order valence-electron chi connectivity index (χ2n) is 5.86. The smallest absolute Gasteiger partial charge is 0.125 e. The maximum atomic E-state index is 6.51. The van der Waals surface area contributed by atoms with E-state index in [0.29, 0.717) is 11.4 Å². The molecule has 0 bridgehead atoms. The summed E-state index contributed by atoms with van der Waals surface area (Å²) in [5, 5.41) is 0. The highest BCUT2D eigenvalue weighted by atomic mass is 16.5. The minimum absolute atomic E-state index is 0.422. The predicted octanol–water partition coefficient (Wildman–Crippen LogP) is 1.11. The average Bonchev–Trinajstić information content (AvgIpc) is 2.48. The van der Waals surface area contributed by atoms with Gasteiger partial charge in [0.15, 0.2) is 0 Å². The fraction of sp³-hybridized carbons (Fsp3) is 0.333. The second-order valence-corrected chi connectivity index (χ2v) is 5.86. The second kappa shape index (κ2) is 6.58. The van der Waals surface area contributed by atoms with Crippen LogP contribution in [0.3, 0.4) is 0 Å². The Morgan fingerprint density at radius 1 is 0.870 bits per heavy atom. The molecule has 0 amide bonds. The number of rotatable bonds is 4. The van der Waals surface area contributed by atoms with Crippen molar-refractivity contribution in [3.63, 3.8) is 0 Å². The Bertz CT molecular complexity index is 575. The van der Waals surface area contributed by atoms with Crippen molar-refractivity contribution in [1.82, 2.24) is 0 Å². The molecule has 5 nitrogen and oxygen atoms in total. The summed E-state index contributed by atoms with van der Waals surface area (Å²) in [4.78, 5) is 0. The minimum Gasteiger partial charge on any atom is -0.399 e. The molecule has 2 rings (SSSR count). The summed E-state index contributed by atoms with van der Waals surface area (Å²) in [5.74, 6) is 0. The Hall–Kier alpha value is -2.08. The lowest BCUT2D eigenvalue weighted by Gasteiger charge is -2.44. The number of allylic oxidation sites excluding steroid dienone is 4. The molecule has 4 atom stereocenters. The Morgan fingerprint density at radius 3 is 1.57 bits per heavy atom. The van der Waals surface area contributed by atoms with Gasteiger partial charge in [0.1, 0.15) is 11.2 Å². The summed E-state index contributed by atoms with van der Waals surface area (Å²) >= 11 is 0. The Morgan fingerprint density at radius 2 is 1.26 bits per heavy atom. The summed E-state index contributed by atoms with van der Waals surface area (Å²) in [5.41, 5.74) is 23.9. The summed E-state index contributed by atoms with van der Waals surface area (Å²) in [7, 11) is 0. The monoisotopic (exact) mass is 314 g/mol. The van der Waals surface area contributed by atoms with Crippen molar-refractivity contribution < 1.29 is 4.74 Å². The third-order valence-electron chi connectivity index (χ3n) is 4.07. The zero-order chi connectivity index (χ0) is 17.1. The van der Waals surface area contributed by atoms with E-state index < -0.39 is 23.3 Å². The van der Waals surface area contributed by atoms with Gasteiger partial charge >= 0.3 is 0 Å². The van der Waals surface area contributed by atoms with Crippen molar-refractivity contribution >= 4 is 0 Å². The molecule has 0 heterocycles. The van der Waals surface area contributed by atoms with E-state index in [1.807, 2.05) is 50.3 Å². The third-order valence-corrected chi connectivity index (χ3v) is 4.07. The highest BCUT2D eigenvalue weighted by Crippen LogP contribution is 2.35. The van der Waals surface area contributed by atoms with Crippen LogP contribution in [0.25, 0.3) is 0 Å². The lowest BCUT2D eigenvalue weighted by molar-refractivity contribution is -0.0685. The topological polar surface area (TPSA) is 113 Å². The van der Waals surface area contributed by atoms with Gasteiger partial charge < -0.3 is 27.7 Å². The van der Waals surface area contributed by atoms with E-state index in [1.165, 1.54) is 0 Å². The first kappa shape index (κ1) is 17.3. The molecule has 2 aliphatic carbocycles. The maximum absolute atomic E-state index is 6.51. The highest BCUT2D eigenvalue weighted by Gasteiger charge is 2.44. The first-order valence-electron chi connectivity index (χ1n) is 7.69. The SMILES string of the molecule is CC=CC1(OC2(C=CC)C=CC(N)=CC2N)C=CC(N)=CC1N. The summed E-state index contributed by atoms with van der Waals surface area (Å²) in [6.07, 6.45) is 18.6. The van der Waals surface area contributed by atoms with Crippen LogP contribution in [0.1, 0.15) is 13.8 Å². The normalized spacial score (nSPS) is 37.4. The van der Waals surface area contributed by atoms with Crippen molar-refractivity contribution in [3.05, 3.63) is 72.2 Å². The molecule has 2 aliphatic rings. The molecule has 124 valence electrons. The maximum Gasteiger partial charge on any atom is 0.125 e. The van der Waals surface area contributed by atoms with Crippen LogP contribution in [0.2, 0.25) is 0 Å². The van der Waals surface area contributed by atoms with Gasteiger partial charge in [-0.2, -0.15) is 0 Å². The van der Waals surface area contributed by atoms with Gasteiger partial charge in [0.25, 0.3) is 0 Å². The molecule has 0 radical (unpaired) electrons. The van der Waals surface area contributed by atoms with Crippen molar-refractivity contribution in [2.45, 2.75) is 37.1 Å². The van der Waals surface area contributed by atoms with E-state index >= 15 is 0 Å². The van der Waals surface area contributed by atoms with Crippen LogP contribution in [0.15, 0.2) is 72.2 Å². The molecule has 0 spiro atoms. The van der Waals surface area contributed by atoms with Crippen molar-refractivity contribution in [2.75, 3.05) is 0 Å². The fourth-order valence-electron chi connectivity index (χ4n) is 2.89. The van der Waals surface area contributed by atoms with Crippen LogP contribution >= 0.6 is 0 Å². The number of ether oxygens (including phenoxy) is 1. The molecule has 0 aromatic heterocycles. The van der Waals surface area contributed by atoms with Gasteiger partial charge in [0, 0.05) is 11.4 Å². The lowest BCUT2D eigenvalue weighted by Crippen LogP contribution is -2.58. The van der Waals surface area contributed by atoms with Gasteiger partial charge in [0.2, 0.25) is 0 Å². The summed E-state index contributed by atoms with van der Waals surface area (Å²) in [6, 6.07) is -0.843. The number of hydrogen-bond acceptors (Lipinski definition) is 5. The zero-order valence-electron chi connectivity index (χ0n) is 13.6. The molecule has 5 heteroatoms. The largest absolute Gasteiger partial charge is 0.399 e. The van der Waals surface area contributed by atoms with E-state index in [-0.39, 0.29) is 0 Å². The quantitative estimate of drug-likeness (QED) is 0.581. The first-order chi connectivity index (χ1) is 10.9. The summed E-state index contributed by atoms with van der Waals surface area (Å²) in [6.45, 7) is 3.84. The van der Waals surface area contributed by atoms with Crippen LogP contribution in [-0.2, 0) is 4.74 Å². The fourth-order valence-corrected chi connectivity index (χ4v) is 2.89. The lowest BCUT2D eigenvalue weighted by atomic mass is 9.84. The predicted molar refractivity (Wildman–Crippen MR) is 94.9 cm³/mol. The third kappa shape index (κ3) is 3.32. The Labute approximate surface area is 137 Å².